The topological polar surface area (TPSA) is 49.4 Å². The van der Waals surface area contributed by atoms with Gasteiger partial charge < -0.3 is 10.2 Å². The molecule has 1 fully saturated rings. The Morgan fingerprint density at radius 1 is 0.966 bits per heavy atom. The van der Waals surface area contributed by atoms with Crippen molar-refractivity contribution in [3.05, 3.63) is 70.8 Å². The van der Waals surface area contributed by atoms with E-state index in [1.54, 1.807) is 4.90 Å². The highest BCUT2D eigenvalue weighted by Crippen LogP contribution is 2.20. The highest BCUT2D eigenvalue weighted by Gasteiger charge is 2.28. The monoisotopic (exact) mass is 392 g/mol. The smallest absolute Gasteiger partial charge is 0.242 e. The predicted molar refractivity (Wildman–Crippen MR) is 116 cm³/mol. The standard InChI is InChI=1S/C25H32N2O2/c1-18-10-4-6-12-21(18)16-24(28)27(17-22-13-7-5-11-19(22)2)20(3)25(29)26-23-14-8-9-15-23/h4-7,10-13,20,23H,8-9,14-17H2,1-3H3,(H,26,29). The van der Waals surface area contributed by atoms with Crippen molar-refractivity contribution in [3.8, 4) is 0 Å². The Kier molecular flexibility index (Phi) is 7.08. The average Bonchev–Trinajstić information content (AvgIpc) is 3.21. The second-order valence-corrected chi connectivity index (χ2v) is 8.22. The van der Waals surface area contributed by atoms with Gasteiger partial charge in [0.15, 0.2) is 0 Å². The van der Waals surface area contributed by atoms with Crippen LogP contribution in [0.25, 0.3) is 0 Å². The number of hydrogen-bond acceptors (Lipinski definition) is 2. The quantitative estimate of drug-likeness (QED) is 0.763. The molecule has 1 saturated carbocycles. The van der Waals surface area contributed by atoms with E-state index < -0.39 is 6.04 Å². The van der Waals surface area contributed by atoms with Gasteiger partial charge in [0, 0.05) is 12.6 Å². The molecule has 0 saturated heterocycles. The number of carbonyl (C=O) groups is 2. The van der Waals surface area contributed by atoms with E-state index in [0.717, 1.165) is 35.1 Å². The van der Waals surface area contributed by atoms with Crippen LogP contribution in [0, 0.1) is 13.8 Å². The summed E-state index contributed by atoms with van der Waals surface area (Å²) < 4.78 is 0. The third kappa shape index (κ3) is 5.47. The highest BCUT2D eigenvalue weighted by molar-refractivity contribution is 5.88. The van der Waals surface area contributed by atoms with Crippen molar-refractivity contribution in [2.24, 2.45) is 0 Å². The van der Waals surface area contributed by atoms with Crippen molar-refractivity contribution >= 4 is 11.8 Å². The Balaban J connectivity index is 1.80. The van der Waals surface area contributed by atoms with Gasteiger partial charge in [0.05, 0.1) is 6.42 Å². The lowest BCUT2D eigenvalue weighted by Crippen LogP contribution is -2.50. The van der Waals surface area contributed by atoms with Gasteiger partial charge in [0.1, 0.15) is 6.04 Å². The molecule has 154 valence electrons. The van der Waals surface area contributed by atoms with Gasteiger partial charge in [-0.2, -0.15) is 0 Å². The van der Waals surface area contributed by atoms with E-state index in [1.165, 1.54) is 12.8 Å². The van der Waals surface area contributed by atoms with Crippen molar-refractivity contribution < 1.29 is 9.59 Å². The van der Waals surface area contributed by atoms with E-state index in [2.05, 4.69) is 5.32 Å². The Labute approximate surface area is 174 Å². The summed E-state index contributed by atoms with van der Waals surface area (Å²) >= 11 is 0. The van der Waals surface area contributed by atoms with Crippen molar-refractivity contribution in [2.45, 2.75) is 71.5 Å². The number of hydrogen-bond donors (Lipinski definition) is 1. The van der Waals surface area contributed by atoms with E-state index in [-0.39, 0.29) is 17.9 Å². The number of nitrogens with one attached hydrogen (secondary N) is 1. The molecule has 0 heterocycles. The van der Waals surface area contributed by atoms with E-state index in [1.807, 2.05) is 69.3 Å². The molecule has 0 aromatic heterocycles. The molecular formula is C25H32N2O2. The first-order valence-electron chi connectivity index (χ1n) is 10.6. The fourth-order valence-corrected chi connectivity index (χ4v) is 4.02. The van der Waals surface area contributed by atoms with E-state index >= 15 is 0 Å². The number of amides is 2. The number of carbonyl (C=O) groups excluding carboxylic acids is 2. The summed E-state index contributed by atoms with van der Waals surface area (Å²) in [5.74, 6) is -0.0692. The zero-order valence-corrected chi connectivity index (χ0v) is 17.8. The minimum atomic E-state index is -0.508. The first kappa shape index (κ1) is 21.1. The molecule has 0 bridgehead atoms. The number of benzene rings is 2. The molecule has 1 aliphatic carbocycles. The maximum Gasteiger partial charge on any atom is 0.242 e. The van der Waals surface area contributed by atoms with Crippen LogP contribution < -0.4 is 5.32 Å². The largest absolute Gasteiger partial charge is 0.352 e. The Morgan fingerprint density at radius 2 is 1.52 bits per heavy atom. The zero-order valence-electron chi connectivity index (χ0n) is 17.8. The molecule has 0 radical (unpaired) electrons. The lowest BCUT2D eigenvalue weighted by Gasteiger charge is -2.30. The molecular weight excluding hydrogens is 360 g/mol. The van der Waals surface area contributed by atoms with Crippen LogP contribution in [0.1, 0.15) is 54.9 Å². The van der Waals surface area contributed by atoms with Gasteiger partial charge in [-0.05, 0) is 55.9 Å². The van der Waals surface area contributed by atoms with Crippen LogP contribution in [-0.4, -0.2) is 28.8 Å². The number of rotatable bonds is 7. The van der Waals surface area contributed by atoms with Gasteiger partial charge in [-0.25, -0.2) is 0 Å². The molecule has 29 heavy (non-hydrogen) atoms. The molecule has 1 N–H and O–H groups in total. The van der Waals surface area contributed by atoms with Gasteiger partial charge in [0.25, 0.3) is 0 Å². The molecule has 0 aliphatic heterocycles. The Bertz CT molecular complexity index is 855. The van der Waals surface area contributed by atoms with Gasteiger partial charge in [0.2, 0.25) is 11.8 Å². The van der Waals surface area contributed by atoms with Crippen LogP contribution >= 0.6 is 0 Å². The molecule has 4 nitrogen and oxygen atoms in total. The van der Waals surface area contributed by atoms with Crippen LogP contribution in [0.5, 0.6) is 0 Å². The summed E-state index contributed by atoms with van der Waals surface area (Å²) in [6.07, 6.45) is 4.71. The molecule has 0 spiro atoms. The summed E-state index contributed by atoms with van der Waals surface area (Å²) in [4.78, 5) is 28.0. The van der Waals surface area contributed by atoms with Gasteiger partial charge in [-0.15, -0.1) is 0 Å². The SMILES string of the molecule is Cc1ccccc1CC(=O)N(Cc1ccccc1C)C(C)C(=O)NC1CCCC1. The summed E-state index contributed by atoms with van der Waals surface area (Å²) in [6.45, 7) is 6.35. The second-order valence-electron chi connectivity index (χ2n) is 8.22. The fourth-order valence-electron chi connectivity index (χ4n) is 4.02. The molecule has 3 rings (SSSR count). The van der Waals surface area contributed by atoms with E-state index in [9.17, 15) is 9.59 Å². The van der Waals surface area contributed by atoms with E-state index in [4.69, 9.17) is 0 Å². The maximum atomic E-state index is 13.3. The third-order valence-electron chi connectivity index (χ3n) is 6.07. The van der Waals surface area contributed by atoms with Crippen LogP contribution in [0.2, 0.25) is 0 Å². The van der Waals surface area contributed by atoms with Crippen LogP contribution in [0.15, 0.2) is 48.5 Å². The maximum absolute atomic E-state index is 13.3. The molecule has 1 unspecified atom stereocenters. The van der Waals surface area contributed by atoms with Gasteiger partial charge in [-0.3, -0.25) is 9.59 Å². The normalized spacial score (nSPS) is 15.1. The van der Waals surface area contributed by atoms with E-state index in [0.29, 0.717) is 13.0 Å². The van der Waals surface area contributed by atoms with Gasteiger partial charge >= 0.3 is 0 Å². The number of aryl methyl sites for hydroxylation is 2. The van der Waals surface area contributed by atoms with Crippen molar-refractivity contribution in [2.75, 3.05) is 0 Å². The molecule has 2 amide bonds. The Morgan fingerprint density at radius 3 is 2.10 bits per heavy atom. The number of nitrogens with zero attached hydrogens (tertiary/aromatic N) is 1. The van der Waals surface area contributed by atoms with Crippen molar-refractivity contribution in [1.82, 2.24) is 10.2 Å². The minimum absolute atomic E-state index is 0.0170. The summed E-state index contributed by atoms with van der Waals surface area (Å²) in [6, 6.07) is 15.7. The molecule has 1 atom stereocenters. The first-order valence-corrected chi connectivity index (χ1v) is 10.6. The third-order valence-corrected chi connectivity index (χ3v) is 6.07. The highest BCUT2D eigenvalue weighted by atomic mass is 16.2. The summed E-state index contributed by atoms with van der Waals surface area (Å²) in [5, 5.41) is 3.16. The minimum Gasteiger partial charge on any atom is -0.352 e. The summed E-state index contributed by atoms with van der Waals surface area (Å²) in [5.41, 5.74) is 4.31. The van der Waals surface area contributed by atoms with Crippen LogP contribution in [0.4, 0.5) is 0 Å². The average molecular weight is 393 g/mol. The summed E-state index contributed by atoms with van der Waals surface area (Å²) in [7, 11) is 0. The van der Waals surface area contributed by atoms with Crippen molar-refractivity contribution in [1.29, 1.82) is 0 Å². The molecule has 2 aromatic carbocycles. The molecule has 1 aliphatic rings. The van der Waals surface area contributed by atoms with Crippen molar-refractivity contribution in [3.63, 3.8) is 0 Å². The lowest BCUT2D eigenvalue weighted by atomic mass is 10.0. The van der Waals surface area contributed by atoms with Crippen LogP contribution in [-0.2, 0) is 22.6 Å². The lowest BCUT2D eigenvalue weighted by molar-refractivity contribution is -0.140. The first-order chi connectivity index (χ1) is 14.0. The molecule has 2 aromatic rings. The van der Waals surface area contributed by atoms with Gasteiger partial charge in [-0.1, -0.05) is 61.4 Å². The van der Waals surface area contributed by atoms with Crippen LogP contribution in [0.3, 0.4) is 0 Å². The zero-order chi connectivity index (χ0) is 20.8. The molecule has 4 heteroatoms. The Hall–Kier alpha value is -2.62. The fraction of sp³-hybridized carbons (Fsp3) is 0.440. The predicted octanol–water partition coefficient (Wildman–Crippen LogP) is 4.32. The second kappa shape index (κ2) is 9.73.